The number of hydrogen-bond acceptors (Lipinski definition) is 6. The van der Waals surface area contributed by atoms with Gasteiger partial charge in [0.2, 0.25) is 5.89 Å². The Hall–Kier alpha value is -2.45. The highest BCUT2D eigenvalue weighted by Crippen LogP contribution is 2.38. The molecule has 2 aliphatic heterocycles. The number of piperidine rings is 1. The van der Waals surface area contributed by atoms with Gasteiger partial charge in [-0.3, -0.25) is 0 Å². The molecule has 1 atom stereocenters. The van der Waals surface area contributed by atoms with Gasteiger partial charge in [0, 0.05) is 45.3 Å². The quantitative estimate of drug-likeness (QED) is 0.730. The van der Waals surface area contributed by atoms with Crippen molar-refractivity contribution < 1.29 is 18.8 Å². The Morgan fingerprint density at radius 1 is 1.28 bits per heavy atom. The zero-order valence-electron chi connectivity index (χ0n) is 19.4. The van der Waals surface area contributed by atoms with E-state index >= 15 is 0 Å². The monoisotopic (exact) mass is 442 g/mol. The Morgan fingerprint density at radius 2 is 2.09 bits per heavy atom. The molecule has 1 unspecified atom stereocenters. The summed E-state index contributed by atoms with van der Waals surface area (Å²) in [6.45, 7) is 6.86. The Labute approximate surface area is 189 Å². The standard InChI is InChI=1S/C24H34N4O4/c1-17-4-5-20(14-18(17)2)25-23(29)28-10-8-24(9-11-28)16-19(6-13-31-24)15-22-26-21(27-32-22)7-12-30-3/h4-5,14,19H,6-13,15-16H2,1-3H3,(H,25,29). The van der Waals surface area contributed by atoms with Crippen LogP contribution in [0.1, 0.15) is 48.5 Å². The van der Waals surface area contributed by atoms with Crippen molar-refractivity contribution in [2.45, 2.75) is 58.0 Å². The van der Waals surface area contributed by atoms with E-state index in [0.717, 1.165) is 44.4 Å². The largest absolute Gasteiger partial charge is 0.384 e. The fourth-order valence-electron chi connectivity index (χ4n) is 4.71. The number of benzene rings is 1. The summed E-state index contributed by atoms with van der Waals surface area (Å²) < 4.78 is 16.8. The molecule has 0 bridgehead atoms. The molecule has 0 saturated carbocycles. The van der Waals surface area contributed by atoms with Crippen molar-refractivity contribution in [3.05, 3.63) is 41.0 Å². The van der Waals surface area contributed by atoms with Crippen molar-refractivity contribution in [3.63, 3.8) is 0 Å². The number of carbonyl (C=O) groups is 1. The molecule has 2 saturated heterocycles. The fraction of sp³-hybridized carbons (Fsp3) is 0.625. The van der Waals surface area contributed by atoms with Crippen LogP contribution in [-0.4, -0.2) is 60.1 Å². The van der Waals surface area contributed by atoms with E-state index in [1.807, 2.05) is 23.1 Å². The van der Waals surface area contributed by atoms with Crippen LogP contribution >= 0.6 is 0 Å². The normalized spacial score (nSPS) is 20.5. The number of hydrogen-bond donors (Lipinski definition) is 1. The lowest BCUT2D eigenvalue weighted by atomic mass is 9.78. The van der Waals surface area contributed by atoms with Crippen LogP contribution in [-0.2, 0) is 22.3 Å². The summed E-state index contributed by atoms with van der Waals surface area (Å²) in [5.41, 5.74) is 3.09. The van der Waals surface area contributed by atoms with Crippen molar-refractivity contribution in [1.29, 1.82) is 0 Å². The topological polar surface area (TPSA) is 89.7 Å². The zero-order chi connectivity index (χ0) is 22.6. The zero-order valence-corrected chi connectivity index (χ0v) is 19.4. The van der Waals surface area contributed by atoms with Crippen LogP contribution in [0, 0.1) is 19.8 Å². The predicted octanol–water partition coefficient (Wildman–Crippen LogP) is 3.91. The smallest absolute Gasteiger partial charge is 0.321 e. The van der Waals surface area contributed by atoms with Crippen LogP contribution in [0.4, 0.5) is 10.5 Å². The molecule has 4 rings (SSSR count). The molecule has 8 nitrogen and oxygen atoms in total. The number of aryl methyl sites for hydroxylation is 2. The molecule has 0 aliphatic carbocycles. The first-order valence-electron chi connectivity index (χ1n) is 11.5. The second-order valence-electron chi connectivity index (χ2n) is 9.16. The maximum Gasteiger partial charge on any atom is 0.321 e. The third-order valence-electron chi connectivity index (χ3n) is 6.82. The minimum absolute atomic E-state index is 0.0371. The van der Waals surface area contributed by atoms with Crippen molar-refractivity contribution >= 4 is 11.7 Å². The number of rotatable bonds is 6. The van der Waals surface area contributed by atoms with Gasteiger partial charge in [0.1, 0.15) is 0 Å². The number of nitrogens with one attached hydrogen (secondary N) is 1. The molecule has 32 heavy (non-hydrogen) atoms. The number of amides is 2. The number of urea groups is 1. The fourth-order valence-corrected chi connectivity index (χ4v) is 4.71. The summed E-state index contributed by atoms with van der Waals surface area (Å²) in [6, 6.07) is 5.98. The van der Waals surface area contributed by atoms with Crippen LogP contribution in [0.3, 0.4) is 0 Å². The number of carbonyl (C=O) groups excluding carboxylic acids is 1. The van der Waals surface area contributed by atoms with E-state index in [4.69, 9.17) is 14.0 Å². The highest BCUT2D eigenvalue weighted by molar-refractivity contribution is 5.89. The van der Waals surface area contributed by atoms with Gasteiger partial charge in [0.25, 0.3) is 0 Å². The van der Waals surface area contributed by atoms with Gasteiger partial charge in [-0.1, -0.05) is 11.2 Å². The summed E-state index contributed by atoms with van der Waals surface area (Å²) >= 11 is 0. The van der Waals surface area contributed by atoms with Crippen LogP contribution in [0.2, 0.25) is 0 Å². The summed E-state index contributed by atoms with van der Waals surface area (Å²) in [4.78, 5) is 19.2. The SMILES string of the molecule is COCCc1noc(CC2CCOC3(CCN(C(=O)Nc4ccc(C)c(C)c4)CC3)C2)n1. The number of nitrogens with zero attached hydrogens (tertiary/aromatic N) is 3. The molecule has 3 heterocycles. The average Bonchev–Trinajstić information content (AvgIpc) is 3.22. The number of methoxy groups -OCH3 is 1. The van der Waals surface area contributed by atoms with Crippen LogP contribution < -0.4 is 5.32 Å². The number of aromatic nitrogens is 2. The highest BCUT2D eigenvalue weighted by Gasteiger charge is 2.41. The third kappa shape index (κ3) is 5.48. The summed E-state index contributed by atoms with van der Waals surface area (Å²) in [6.07, 6.45) is 5.11. The van der Waals surface area contributed by atoms with E-state index < -0.39 is 0 Å². The first-order valence-corrected chi connectivity index (χ1v) is 11.5. The highest BCUT2D eigenvalue weighted by atomic mass is 16.5. The second kappa shape index (κ2) is 10.0. The van der Waals surface area contributed by atoms with Gasteiger partial charge in [-0.05, 0) is 68.7 Å². The first-order chi connectivity index (χ1) is 15.5. The Kier molecular flexibility index (Phi) is 7.10. The van der Waals surface area contributed by atoms with Crippen molar-refractivity contribution in [1.82, 2.24) is 15.0 Å². The third-order valence-corrected chi connectivity index (χ3v) is 6.82. The van der Waals surface area contributed by atoms with Crippen LogP contribution in [0.5, 0.6) is 0 Å². The van der Waals surface area contributed by atoms with Gasteiger partial charge in [0.15, 0.2) is 5.82 Å². The molecule has 1 aromatic carbocycles. The van der Waals surface area contributed by atoms with E-state index in [1.54, 1.807) is 7.11 Å². The first kappa shape index (κ1) is 22.7. The van der Waals surface area contributed by atoms with E-state index in [-0.39, 0.29) is 11.6 Å². The summed E-state index contributed by atoms with van der Waals surface area (Å²) in [7, 11) is 1.67. The molecular weight excluding hydrogens is 408 g/mol. The Balaban J connectivity index is 1.28. The lowest BCUT2D eigenvalue weighted by Gasteiger charge is -2.46. The van der Waals surface area contributed by atoms with Gasteiger partial charge in [-0.2, -0.15) is 4.98 Å². The van der Waals surface area contributed by atoms with Crippen molar-refractivity contribution in [2.75, 3.05) is 38.7 Å². The van der Waals surface area contributed by atoms with E-state index in [9.17, 15) is 4.79 Å². The summed E-state index contributed by atoms with van der Waals surface area (Å²) in [5.74, 6) is 1.85. The second-order valence-corrected chi connectivity index (χ2v) is 9.16. The molecule has 2 fully saturated rings. The van der Waals surface area contributed by atoms with E-state index in [1.165, 1.54) is 11.1 Å². The van der Waals surface area contributed by atoms with Crippen LogP contribution in [0.15, 0.2) is 22.7 Å². The Bertz CT molecular complexity index is 920. The number of likely N-dealkylation sites (tertiary alicyclic amines) is 1. The van der Waals surface area contributed by atoms with Gasteiger partial charge >= 0.3 is 6.03 Å². The lowest BCUT2D eigenvalue weighted by molar-refractivity contribution is -0.123. The minimum atomic E-state index is -0.154. The maximum absolute atomic E-state index is 12.8. The van der Waals surface area contributed by atoms with Gasteiger partial charge < -0.3 is 24.2 Å². The molecular formula is C24H34N4O4. The molecule has 1 N–H and O–H groups in total. The average molecular weight is 443 g/mol. The van der Waals surface area contributed by atoms with Gasteiger partial charge in [-0.25, -0.2) is 4.79 Å². The molecule has 174 valence electrons. The Morgan fingerprint density at radius 3 is 2.84 bits per heavy atom. The predicted molar refractivity (Wildman–Crippen MR) is 121 cm³/mol. The van der Waals surface area contributed by atoms with Crippen LogP contribution in [0.25, 0.3) is 0 Å². The van der Waals surface area contributed by atoms with Crippen molar-refractivity contribution in [2.24, 2.45) is 5.92 Å². The van der Waals surface area contributed by atoms with Gasteiger partial charge in [-0.15, -0.1) is 0 Å². The molecule has 1 aromatic heterocycles. The molecule has 8 heteroatoms. The summed E-state index contributed by atoms with van der Waals surface area (Å²) in [5, 5.41) is 7.09. The molecule has 2 aromatic rings. The lowest BCUT2D eigenvalue weighted by Crippen LogP contribution is -2.51. The number of anilines is 1. The maximum atomic E-state index is 12.8. The molecule has 0 radical (unpaired) electrons. The van der Waals surface area contributed by atoms with E-state index in [0.29, 0.717) is 43.8 Å². The molecule has 2 amide bonds. The molecule has 1 spiro atoms. The number of ether oxygens (including phenoxy) is 2. The van der Waals surface area contributed by atoms with Gasteiger partial charge in [0.05, 0.1) is 12.2 Å². The minimum Gasteiger partial charge on any atom is -0.384 e. The van der Waals surface area contributed by atoms with Crippen molar-refractivity contribution in [3.8, 4) is 0 Å². The van der Waals surface area contributed by atoms with E-state index in [2.05, 4.69) is 29.3 Å². The molecule has 2 aliphatic rings.